The zero-order chi connectivity index (χ0) is 34.4. The maximum Gasteiger partial charge on any atom is 0.573 e. The van der Waals surface area contributed by atoms with E-state index in [2.05, 4.69) is 24.3 Å². The quantitative estimate of drug-likeness (QED) is 0.126. The molecule has 5 rings (SSSR count). The summed E-state index contributed by atoms with van der Waals surface area (Å²) in [5.41, 5.74) is 1.13. The Hall–Kier alpha value is -4.37. The first-order valence-electron chi connectivity index (χ1n) is 13.1. The van der Waals surface area contributed by atoms with Gasteiger partial charge in [-0.3, -0.25) is 18.6 Å². The van der Waals surface area contributed by atoms with E-state index in [1.54, 1.807) is 12.1 Å². The predicted octanol–water partition coefficient (Wildman–Crippen LogP) is 5.68. The van der Waals surface area contributed by atoms with Crippen LogP contribution in [0, 0.1) is 0 Å². The Kier molecular flexibility index (Phi) is 8.92. The number of imidazole rings is 1. The highest BCUT2D eigenvalue weighted by Gasteiger charge is 2.47. The summed E-state index contributed by atoms with van der Waals surface area (Å²) in [6.07, 6.45) is -11.5. The molecule has 4 N–H and O–H groups in total. The van der Waals surface area contributed by atoms with Crippen molar-refractivity contribution in [1.29, 1.82) is 0 Å². The van der Waals surface area contributed by atoms with Crippen LogP contribution in [0.5, 0.6) is 5.75 Å². The molecule has 1 fully saturated rings. The second-order valence-corrected chi connectivity index (χ2v) is 13.8. The van der Waals surface area contributed by atoms with E-state index < -0.39 is 73.6 Å². The van der Waals surface area contributed by atoms with Crippen LogP contribution in [0.25, 0.3) is 11.0 Å². The smallest absolute Gasteiger partial charge is 0.406 e. The topological polar surface area (TPSA) is 171 Å². The van der Waals surface area contributed by atoms with Gasteiger partial charge in [0.25, 0.3) is 10.0 Å². The van der Waals surface area contributed by atoms with Crippen molar-refractivity contribution in [1.82, 2.24) is 19.2 Å². The first kappa shape index (κ1) is 34.0. The minimum atomic E-state index is -5.67. The molecule has 2 heterocycles. The highest BCUT2D eigenvalue weighted by Crippen LogP contribution is 2.56. The van der Waals surface area contributed by atoms with E-state index in [0.29, 0.717) is 35.3 Å². The summed E-state index contributed by atoms with van der Waals surface area (Å²) in [4.78, 5) is 34.5. The lowest BCUT2D eigenvalue weighted by molar-refractivity contribution is -0.274. The number of hydrogen-bond donors (Lipinski definition) is 4. The van der Waals surface area contributed by atoms with Crippen LogP contribution in [-0.2, 0) is 30.9 Å². The summed E-state index contributed by atoms with van der Waals surface area (Å²) in [7, 11) is -8.80. The van der Waals surface area contributed by atoms with E-state index in [1.165, 1.54) is 36.4 Å². The van der Waals surface area contributed by atoms with Crippen LogP contribution in [0.15, 0.2) is 77.7 Å². The van der Waals surface area contributed by atoms with Crippen LogP contribution >= 0.6 is 10.8 Å². The Morgan fingerprint density at radius 1 is 1.00 bits per heavy atom. The molecule has 1 aromatic heterocycles. The second kappa shape index (κ2) is 12.3. The maximum absolute atomic E-state index is 13.8. The Morgan fingerprint density at radius 2 is 1.64 bits per heavy atom. The van der Waals surface area contributed by atoms with Crippen LogP contribution in [0.4, 0.5) is 26.3 Å². The van der Waals surface area contributed by atoms with Gasteiger partial charge < -0.3 is 14.6 Å². The molecule has 1 amide bonds. The fourth-order valence-corrected chi connectivity index (χ4v) is 7.54. The number of nitrogens with one attached hydrogen (secondary N) is 2. The van der Waals surface area contributed by atoms with Gasteiger partial charge in [-0.1, -0.05) is 36.4 Å². The van der Waals surface area contributed by atoms with Crippen LogP contribution in [0.2, 0.25) is 0 Å². The molecular weight excluding hydrogens is 686 g/mol. The number of halogens is 6. The van der Waals surface area contributed by atoms with Gasteiger partial charge in [-0.15, -0.1) is 23.9 Å². The van der Waals surface area contributed by atoms with E-state index in [-0.39, 0.29) is 27.8 Å². The molecule has 3 aromatic carbocycles. The predicted molar refractivity (Wildman–Crippen MR) is 152 cm³/mol. The Morgan fingerprint density at radius 3 is 2.19 bits per heavy atom. The third-order valence-corrected chi connectivity index (χ3v) is 10.2. The van der Waals surface area contributed by atoms with E-state index in [0.717, 1.165) is 0 Å². The average Bonchev–Trinajstić information content (AvgIpc) is 3.52. The fraction of sp³-hybridized carbons (Fsp3) is 0.222. The van der Waals surface area contributed by atoms with Gasteiger partial charge in [0, 0.05) is 0 Å². The zero-order valence-electron chi connectivity index (χ0n) is 23.3. The number of fused-ring (bicyclic) bond motifs is 1. The van der Waals surface area contributed by atoms with Crippen LogP contribution in [-0.4, -0.2) is 56.4 Å². The number of carbonyl (C=O) groups is 2. The first-order chi connectivity index (χ1) is 21.8. The number of alkyl halides is 6. The summed E-state index contributed by atoms with van der Waals surface area (Å²) in [6, 6.07) is 12.4. The van der Waals surface area contributed by atoms with Crippen molar-refractivity contribution in [3.05, 3.63) is 89.7 Å². The molecule has 2 atom stereocenters. The fourth-order valence-electron chi connectivity index (χ4n) is 4.70. The number of rotatable bonds is 9. The molecule has 0 saturated carbocycles. The van der Waals surface area contributed by atoms with Gasteiger partial charge in [-0.25, -0.2) is 18.2 Å². The lowest BCUT2D eigenvalue weighted by Gasteiger charge is -2.33. The van der Waals surface area contributed by atoms with Crippen molar-refractivity contribution in [2.75, 3.05) is 0 Å². The number of aromatic amines is 1. The van der Waals surface area contributed by atoms with Crippen molar-refractivity contribution < 1.29 is 63.0 Å². The number of carbonyl (C=O) groups excluding carboxylic acids is 2. The number of para-hydroxylation sites is 2. The summed E-state index contributed by atoms with van der Waals surface area (Å²) in [5, 5.41) is -1.01. The van der Waals surface area contributed by atoms with Gasteiger partial charge in [0.2, 0.25) is 5.91 Å². The summed E-state index contributed by atoms with van der Waals surface area (Å²) >= 11 is 0. The standard InChI is InChI=1S/C27H22F6N4O8S2/c28-26(29,30)25(39)45-37(47(42,43)18-11-9-17(10-12-18)44-27(31,32)33)21(24-34-19-3-1-2-4-20(19)35-24)13-15-5-7-16(8-6-15)22-14-23(38)36-46(22,40)41/h1-12,21-22,40-41H,13-14H2,(H,34,35)(H,36,38)/t21-,22?/m0/s1. The molecule has 12 nitrogen and oxygen atoms in total. The molecule has 47 heavy (non-hydrogen) atoms. The Balaban J connectivity index is 1.58. The lowest BCUT2D eigenvalue weighted by Crippen LogP contribution is -2.42. The molecule has 1 unspecified atom stereocenters. The average molecular weight is 709 g/mol. The number of amides is 1. The molecule has 4 aromatic rings. The molecule has 252 valence electrons. The van der Waals surface area contributed by atoms with Gasteiger partial charge in [0.05, 0.1) is 22.3 Å². The molecule has 1 aliphatic heterocycles. The molecule has 1 saturated heterocycles. The largest absolute Gasteiger partial charge is 0.573 e. The molecular formula is C27H22F6N4O8S2. The number of H-pyrrole nitrogens is 1. The molecule has 0 radical (unpaired) electrons. The number of sulfonamides is 1. The van der Waals surface area contributed by atoms with E-state index in [9.17, 15) is 53.5 Å². The number of hydrogen-bond acceptors (Lipinski definition) is 9. The molecule has 20 heteroatoms. The molecule has 0 aliphatic carbocycles. The summed E-state index contributed by atoms with van der Waals surface area (Å²) in [5.74, 6) is -4.63. The van der Waals surface area contributed by atoms with Crippen molar-refractivity contribution in [2.45, 2.75) is 41.6 Å². The van der Waals surface area contributed by atoms with E-state index >= 15 is 0 Å². The Bertz CT molecular complexity index is 1870. The van der Waals surface area contributed by atoms with Crippen LogP contribution in [0.1, 0.15) is 34.7 Å². The van der Waals surface area contributed by atoms with Gasteiger partial charge in [-0.05, 0) is 58.4 Å². The second-order valence-electron chi connectivity index (χ2n) is 10.1. The number of nitrogens with zero attached hydrogens (tertiary/aromatic N) is 2. The minimum Gasteiger partial charge on any atom is -0.406 e. The van der Waals surface area contributed by atoms with Gasteiger partial charge in [-0.2, -0.15) is 13.2 Å². The van der Waals surface area contributed by atoms with Crippen molar-refractivity contribution in [3.63, 3.8) is 0 Å². The summed E-state index contributed by atoms with van der Waals surface area (Å²) in [6.45, 7) is 0. The van der Waals surface area contributed by atoms with Crippen LogP contribution in [0.3, 0.4) is 0 Å². The third kappa shape index (κ3) is 7.62. The highest BCUT2D eigenvalue weighted by molar-refractivity contribution is 8.23. The van der Waals surface area contributed by atoms with Crippen LogP contribution < -0.4 is 9.46 Å². The zero-order valence-corrected chi connectivity index (χ0v) is 25.0. The van der Waals surface area contributed by atoms with E-state index in [4.69, 9.17) is 0 Å². The van der Waals surface area contributed by atoms with Gasteiger partial charge in [0.1, 0.15) is 22.9 Å². The third-order valence-electron chi connectivity index (χ3n) is 6.79. The number of aromatic nitrogens is 2. The monoisotopic (exact) mass is 708 g/mol. The highest BCUT2D eigenvalue weighted by atomic mass is 32.3. The van der Waals surface area contributed by atoms with E-state index in [1.807, 2.05) is 0 Å². The number of ether oxygens (including phenoxy) is 1. The molecule has 0 bridgehead atoms. The van der Waals surface area contributed by atoms with Crippen molar-refractivity contribution in [2.24, 2.45) is 0 Å². The Labute approximate surface area is 262 Å². The maximum atomic E-state index is 13.8. The molecule has 0 spiro atoms. The normalized spacial score (nSPS) is 18.1. The van der Waals surface area contributed by atoms with Gasteiger partial charge >= 0.3 is 18.5 Å². The SMILES string of the molecule is O=C1CC(c2ccc(C[C@@H](c3nc4ccccc4[nH]3)N(OC(=O)C(F)(F)F)S(=O)(=O)c3ccc(OC(F)(F)F)cc3)cc2)S(O)(O)N1. The first-order valence-corrected chi connectivity index (χ1v) is 16.2. The summed E-state index contributed by atoms with van der Waals surface area (Å²) < 4.78 is 132. The van der Waals surface area contributed by atoms with Crippen molar-refractivity contribution >= 4 is 43.7 Å². The lowest BCUT2D eigenvalue weighted by atomic mass is 10.0. The molecule has 1 aliphatic rings. The van der Waals surface area contributed by atoms with Crippen molar-refractivity contribution in [3.8, 4) is 5.75 Å². The number of benzene rings is 3. The number of hydroxylamine groups is 1. The minimum absolute atomic E-state index is 0.227. The van der Waals surface area contributed by atoms with Gasteiger partial charge in [0.15, 0.2) is 0 Å².